The Hall–Kier alpha value is -0.870. The fraction of sp³-hybridized carbons (Fsp3) is 0.800. The van der Waals surface area contributed by atoms with Gasteiger partial charge < -0.3 is 5.32 Å². The molecule has 1 N–H and O–H groups in total. The lowest BCUT2D eigenvalue weighted by atomic mass is 10.1. The maximum absolute atomic E-state index is 4.23. The topological polar surface area (TPSA) is 33.1 Å². The summed E-state index contributed by atoms with van der Waals surface area (Å²) in [5, 5.41) is 7.85. The number of nitrogens with zero attached hydrogens (tertiary/aromatic N) is 3. The zero-order valence-electron chi connectivity index (χ0n) is 13.4. The molecule has 4 nitrogen and oxygen atoms in total. The average Bonchev–Trinajstić information content (AvgIpc) is 2.68. The van der Waals surface area contributed by atoms with E-state index in [1.807, 2.05) is 17.9 Å². The van der Waals surface area contributed by atoms with Crippen molar-refractivity contribution in [1.82, 2.24) is 20.0 Å². The van der Waals surface area contributed by atoms with Crippen LogP contribution in [-0.2, 0) is 13.6 Å². The molecule has 0 aliphatic rings. The Bertz CT molecular complexity index is 364. The van der Waals surface area contributed by atoms with E-state index >= 15 is 0 Å². The van der Waals surface area contributed by atoms with Gasteiger partial charge in [-0.2, -0.15) is 5.10 Å². The van der Waals surface area contributed by atoms with Gasteiger partial charge in [-0.05, 0) is 34.2 Å². The second-order valence-electron chi connectivity index (χ2n) is 6.51. The Morgan fingerprint density at radius 1 is 1.42 bits per heavy atom. The van der Waals surface area contributed by atoms with Gasteiger partial charge in [0, 0.05) is 43.5 Å². The molecule has 0 spiro atoms. The molecule has 0 aromatic carbocycles. The minimum atomic E-state index is 0.182. The van der Waals surface area contributed by atoms with Crippen LogP contribution in [0, 0.1) is 0 Å². The molecule has 0 amide bonds. The van der Waals surface area contributed by atoms with E-state index < -0.39 is 0 Å². The standard InChI is InChI=1S/C15H30N4/c1-7-8-14(10-16-15(2,3)4)18(5)11-13-9-17-19(6)12-13/h9,12,14,16H,7-8,10-11H2,1-6H3. The van der Waals surface area contributed by atoms with E-state index in [2.05, 4.69) is 56.3 Å². The van der Waals surface area contributed by atoms with Crippen LogP contribution in [0.25, 0.3) is 0 Å². The van der Waals surface area contributed by atoms with Crippen molar-refractivity contribution in [2.24, 2.45) is 7.05 Å². The van der Waals surface area contributed by atoms with Crippen LogP contribution in [0.1, 0.15) is 46.1 Å². The second kappa shape index (κ2) is 7.06. The third-order valence-corrected chi connectivity index (χ3v) is 3.30. The van der Waals surface area contributed by atoms with Gasteiger partial charge in [0.2, 0.25) is 0 Å². The minimum absolute atomic E-state index is 0.182. The van der Waals surface area contributed by atoms with E-state index in [-0.39, 0.29) is 5.54 Å². The normalized spacial score (nSPS) is 14.1. The molecule has 1 heterocycles. The first-order valence-electron chi connectivity index (χ1n) is 7.24. The first kappa shape index (κ1) is 16.2. The van der Waals surface area contributed by atoms with Crippen molar-refractivity contribution < 1.29 is 0 Å². The van der Waals surface area contributed by atoms with Gasteiger partial charge in [0.25, 0.3) is 0 Å². The fourth-order valence-corrected chi connectivity index (χ4v) is 2.21. The van der Waals surface area contributed by atoms with Gasteiger partial charge in [0.1, 0.15) is 0 Å². The van der Waals surface area contributed by atoms with Gasteiger partial charge in [0.15, 0.2) is 0 Å². The molecule has 1 aromatic rings. The van der Waals surface area contributed by atoms with Crippen LogP contribution in [0.15, 0.2) is 12.4 Å². The quantitative estimate of drug-likeness (QED) is 0.823. The van der Waals surface area contributed by atoms with Crippen LogP contribution in [0.4, 0.5) is 0 Å². The SMILES string of the molecule is CCCC(CNC(C)(C)C)N(C)Cc1cnn(C)c1. The van der Waals surface area contributed by atoms with Crippen molar-refractivity contribution in [1.29, 1.82) is 0 Å². The zero-order valence-corrected chi connectivity index (χ0v) is 13.4. The monoisotopic (exact) mass is 266 g/mol. The predicted molar refractivity (Wildman–Crippen MR) is 81.1 cm³/mol. The van der Waals surface area contributed by atoms with E-state index in [9.17, 15) is 0 Å². The molecule has 4 heteroatoms. The summed E-state index contributed by atoms with van der Waals surface area (Å²) in [5.74, 6) is 0. The number of rotatable bonds is 7. The van der Waals surface area contributed by atoms with Gasteiger partial charge in [0.05, 0.1) is 6.20 Å². The highest BCUT2D eigenvalue weighted by molar-refractivity contribution is 5.03. The van der Waals surface area contributed by atoms with Crippen LogP contribution >= 0.6 is 0 Å². The Balaban J connectivity index is 2.54. The molecule has 1 atom stereocenters. The molecule has 1 rings (SSSR count). The molecule has 0 bridgehead atoms. The lowest BCUT2D eigenvalue weighted by Gasteiger charge is -2.31. The molecule has 0 saturated carbocycles. The fourth-order valence-electron chi connectivity index (χ4n) is 2.21. The van der Waals surface area contributed by atoms with E-state index in [1.54, 1.807) is 0 Å². The number of aryl methyl sites for hydroxylation is 1. The van der Waals surface area contributed by atoms with E-state index in [0.29, 0.717) is 6.04 Å². The second-order valence-corrected chi connectivity index (χ2v) is 6.51. The van der Waals surface area contributed by atoms with Crippen LogP contribution in [-0.4, -0.2) is 39.9 Å². The summed E-state index contributed by atoms with van der Waals surface area (Å²) in [6.07, 6.45) is 6.49. The first-order chi connectivity index (χ1) is 8.81. The van der Waals surface area contributed by atoms with Gasteiger partial charge in [-0.25, -0.2) is 0 Å². The van der Waals surface area contributed by atoms with Gasteiger partial charge in [-0.1, -0.05) is 13.3 Å². The summed E-state index contributed by atoms with van der Waals surface area (Å²) < 4.78 is 1.87. The van der Waals surface area contributed by atoms with Crippen molar-refractivity contribution in [3.05, 3.63) is 18.0 Å². The molecule has 0 saturated heterocycles. The summed E-state index contributed by atoms with van der Waals surface area (Å²) in [6.45, 7) is 10.9. The smallest absolute Gasteiger partial charge is 0.0534 e. The molecule has 19 heavy (non-hydrogen) atoms. The third kappa shape index (κ3) is 6.21. The summed E-state index contributed by atoms with van der Waals surface area (Å²) in [5.41, 5.74) is 1.46. The number of hydrogen-bond acceptors (Lipinski definition) is 3. The van der Waals surface area contributed by atoms with Gasteiger partial charge in [-0.15, -0.1) is 0 Å². The van der Waals surface area contributed by atoms with Crippen molar-refractivity contribution in [2.45, 2.75) is 58.7 Å². The number of likely N-dealkylation sites (N-methyl/N-ethyl adjacent to an activating group) is 1. The van der Waals surface area contributed by atoms with Crippen LogP contribution < -0.4 is 5.32 Å². The zero-order chi connectivity index (χ0) is 14.5. The molecule has 1 aromatic heterocycles. The Kier molecular flexibility index (Phi) is 6.01. The third-order valence-electron chi connectivity index (χ3n) is 3.30. The highest BCUT2D eigenvalue weighted by atomic mass is 15.2. The van der Waals surface area contributed by atoms with Gasteiger partial charge in [-0.3, -0.25) is 9.58 Å². The molecule has 0 aliphatic heterocycles. The molecular formula is C15H30N4. The average molecular weight is 266 g/mol. The lowest BCUT2D eigenvalue weighted by molar-refractivity contribution is 0.202. The molecule has 1 unspecified atom stereocenters. The minimum Gasteiger partial charge on any atom is -0.311 e. The molecular weight excluding hydrogens is 236 g/mol. The molecule has 0 radical (unpaired) electrons. The van der Waals surface area contributed by atoms with Crippen molar-refractivity contribution in [2.75, 3.05) is 13.6 Å². The van der Waals surface area contributed by atoms with Crippen LogP contribution in [0.5, 0.6) is 0 Å². The van der Waals surface area contributed by atoms with Crippen molar-refractivity contribution >= 4 is 0 Å². The predicted octanol–water partition coefficient (Wildman–Crippen LogP) is 2.41. The number of hydrogen-bond donors (Lipinski definition) is 1. The Labute approximate surface area is 118 Å². The lowest BCUT2D eigenvalue weighted by Crippen LogP contribution is -2.46. The maximum atomic E-state index is 4.23. The largest absolute Gasteiger partial charge is 0.311 e. The molecule has 0 aliphatic carbocycles. The highest BCUT2D eigenvalue weighted by Crippen LogP contribution is 2.11. The summed E-state index contributed by atoms with van der Waals surface area (Å²) in [7, 11) is 4.17. The van der Waals surface area contributed by atoms with E-state index in [4.69, 9.17) is 0 Å². The van der Waals surface area contributed by atoms with E-state index in [0.717, 1.165) is 13.1 Å². The number of aromatic nitrogens is 2. The Morgan fingerprint density at radius 3 is 2.58 bits per heavy atom. The van der Waals surface area contributed by atoms with E-state index in [1.165, 1.54) is 18.4 Å². The summed E-state index contributed by atoms with van der Waals surface area (Å²) >= 11 is 0. The molecule has 110 valence electrons. The van der Waals surface area contributed by atoms with Crippen molar-refractivity contribution in [3.63, 3.8) is 0 Å². The summed E-state index contributed by atoms with van der Waals surface area (Å²) in [6, 6.07) is 0.574. The van der Waals surface area contributed by atoms with Crippen molar-refractivity contribution in [3.8, 4) is 0 Å². The molecule has 0 fully saturated rings. The Morgan fingerprint density at radius 2 is 2.11 bits per heavy atom. The highest BCUT2D eigenvalue weighted by Gasteiger charge is 2.17. The number of nitrogens with one attached hydrogen (secondary N) is 1. The van der Waals surface area contributed by atoms with Crippen LogP contribution in [0.3, 0.4) is 0 Å². The summed E-state index contributed by atoms with van der Waals surface area (Å²) in [4.78, 5) is 2.43. The van der Waals surface area contributed by atoms with Crippen LogP contribution in [0.2, 0.25) is 0 Å². The van der Waals surface area contributed by atoms with Gasteiger partial charge >= 0.3 is 0 Å². The maximum Gasteiger partial charge on any atom is 0.0534 e. The first-order valence-corrected chi connectivity index (χ1v) is 7.24.